The van der Waals surface area contributed by atoms with Crippen LogP contribution in [0.1, 0.15) is 6.42 Å². The van der Waals surface area contributed by atoms with Crippen molar-refractivity contribution in [3.63, 3.8) is 0 Å². The summed E-state index contributed by atoms with van der Waals surface area (Å²) in [6.07, 6.45) is 1.75. The van der Waals surface area contributed by atoms with Gasteiger partial charge < -0.3 is 10.6 Å². The van der Waals surface area contributed by atoms with Crippen molar-refractivity contribution in [2.75, 3.05) is 11.9 Å². The number of rotatable bonds is 5. The van der Waals surface area contributed by atoms with Gasteiger partial charge in [0.25, 0.3) is 0 Å². The van der Waals surface area contributed by atoms with Crippen molar-refractivity contribution in [2.24, 2.45) is 4.99 Å². The Morgan fingerprint density at radius 2 is 2.29 bits per heavy atom. The number of halogens is 1. The minimum atomic E-state index is -0.448. The van der Waals surface area contributed by atoms with Gasteiger partial charge in [0.1, 0.15) is 5.25 Å². The highest BCUT2D eigenvalue weighted by molar-refractivity contribution is 9.10. The topological polar surface area (TPSA) is 70.6 Å². The van der Waals surface area contributed by atoms with E-state index in [1.807, 2.05) is 18.2 Å². The Morgan fingerprint density at radius 3 is 3.00 bits per heavy atom. The maximum atomic E-state index is 12.0. The van der Waals surface area contributed by atoms with Gasteiger partial charge in [-0.3, -0.25) is 14.6 Å². The second-order valence-corrected chi connectivity index (χ2v) is 6.31. The summed E-state index contributed by atoms with van der Waals surface area (Å²) >= 11 is 4.63. The van der Waals surface area contributed by atoms with Crippen LogP contribution in [0.4, 0.5) is 5.69 Å². The van der Waals surface area contributed by atoms with E-state index in [4.69, 9.17) is 0 Å². The third-order valence-electron chi connectivity index (χ3n) is 2.66. The van der Waals surface area contributed by atoms with E-state index >= 15 is 0 Å². The number of aliphatic imine (C=N–C) groups is 1. The molecule has 0 bridgehead atoms. The fourth-order valence-electron chi connectivity index (χ4n) is 1.69. The van der Waals surface area contributed by atoms with Crippen LogP contribution in [-0.4, -0.2) is 28.8 Å². The molecule has 1 atom stereocenters. The molecule has 1 aromatic carbocycles. The molecular formula is C14H14BrN3O2S. The van der Waals surface area contributed by atoms with Gasteiger partial charge in [0.05, 0.1) is 12.2 Å². The van der Waals surface area contributed by atoms with E-state index in [1.165, 1.54) is 11.8 Å². The fourth-order valence-corrected chi connectivity index (χ4v) is 3.06. The highest BCUT2D eigenvalue weighted by Gasteiger charge is 2.31. The number of anilines is 1. The van der Waals surface area contributed by atoms with Gasteiger partial charge in [-0.05, 0) is 28.1 Å². The number of para-hydroxylation sites is 1. The Hall–Kier alpha value is -1.60. The van der Waals surface area contributed by atoms with Crippen molar-refractivity contribution < 1.29 is 9.59 Å². The first-order valence-corrected chi connectivity index (χ1v) is 7.94. The van der Waals surface area contributed by atoms with Gasteiger partial charge in [-0.1, -0.05) is 30.0 Å². The van der Waals surface area contributed by atoms with Crippen LogP contribution in [0.5, 0.6) is 0 Å². The zero-order valence-corrected chi connectivity index (χ0v) is 13.5. The summed E-state index contributed by atoms with van der Waals surface area (Å²) in [5.74, 6) is -0.399. The number of amides is 2. The van der Waals surface area contributed by atoms with Crippen molar-refractivity contribution in [1.29, 1.82) is 0 Å². The lowest BCUT2D eigenvalue weighted by atomic mass is 10.2. The maximum Gasteiger partial charge on any atom is 0.240 e. The maximum absolute atomic E-state index is 12.0. The molecule has 1 saturated heterocycles. The van der Waals surface area contributed by atoms with E-state index in [0.717, 1.165) is 4.47 Å². The lowest BCUT2D eigenvalue weighted by Gasteiger charge is -2.08. The number of benzene rings is 1. The molecule has 0 radical (unpaired) electrons. The molecule has 1 aliphatic rings. The molecule has 0 saturated carbocycles. The third-order valence-corrected chi connectivity index (χ3v) is 4.47. The van der Waals surface area contributed by atoms with Crippen molar-refractivity contribution in [2.45, 2.75) is 11.7 Å². The smallest absolute Gasteiger partial charge is 0.240 e. The number of nitrogens with zero attached hydrogens (tertiary/aromatic N) is 1. The van der Waals surface area contributed by atoms with Crippen LogP contribution in [0, 0.1) is 0 Å². The highest BCUT2D eigenvalue weighted by atomic mass is 79.9. The predicted molar refractivity (Wildman–Crippen MR) is 89.4 cm³/mol. The number of hydrogen-bond acceptors (Lipinski definition) is 4. The molecule has 0 aliphatic carbocycles. The van der Waals surface area contributed by atoms with Crippen LogP contribution < -0.4 is 10.6 Å². The number of nitrogens with one attached hydrogen (secondary N) is 2. The molecule has 2 amide bonds. The predicted octanol–water partition coefficient (Wildman–Crippen LogP) is 2.55. The Bertz CT molecular complexity index is 604. The monoisotopic (exact) mass is 367 g/mol. The SMILES string of the molecule is C=CCN=C1NC(=O)C(CC(=O)Nc2ccccc2Br)S1. The Kier molecular flexibility index (Phi) is 5.58. The minimum Gasteiger partial charge on any atom is -0.325 e. The number of carbonyl (C=O) groups is 2. The fraction of sp³-hybridized carbons (Fsp3) is 0.214. The molecule has 7 heteroatoms. The standard InChI is InChI=1S/C14H14BrN3O2S/c1-2-7-16-14-18-13(20)11(21-14)8-12(19)17-10-6-4-3-5-9(10)15/h2-6,11H,1,7-8H2,(H,17,19)(H,16,18,20). The van der Waals surface area contributed by atoms with Gasteiger partial charge in [0, 0.05) is 10.9 Å². The summed E-state index contributed by atoms with van der Waals surface area (Å²) in [6.45, 7) is 4.01. The number of hydrogen-bond donors (Lipinski definition) is 2. The summed E-state index contributed by atoms with van der Waals surface area (Å²) in [7, 11) is 0. The molecule has 1 unspecified atom stereocenters. The van der Waals surface area contributed by atoms with Gasteiger partial charge in [-0.15, -0.1) is 6.58 Å². The molecule has 0 aromatic heterocycles. The van der Waals surface area contributed by atoms with E-state index < -0.39 is 5.25 Å². The molecule has 110 valence electrons. The minimum absolute atomic E-state index is 0.102. The van der Waals surface area contributed by atoms with Crippen molar-refractivity contribution in [1.82, 2.24) is 5.32 Å². The molecular weight excluding hydrogens is 354 g/mol. The number of carbonyl (C=O) groups excluding carboxylic acids is 2. The highest BCUT2D eigenvalue weighted by Crippen LogP contribution is 2.25. The van der Waals surface area contributed by atoms with Crippen molar-refractivity contribution >= 4 is 50.4 Å². The van der Waals surface area contributed by atoms with Gasteiger partial charge >= 0.3 is 0 Å². The molecule has 5 nitrogen and oxygen atoms in total. The van der Waals surface area contributed by atoms with Crippen molar-refractivity contribution in [3.05, 3.63) is 41.4 Å². The number of amidine groups is 1. The second-order valence-electron chi connectivity index (χ2n) is 4.26. The van der Waals surface area contributed by atoms with Crippen LogP contribution in [0.25, 0.3) is 0 Å². The van der Waals surface area contributed by atoms with Gasteiger partial charge in [0.15, 0.2) is 5.17 Å². The Balaban J connectivity index is 1.93. The molecule has 2 N–H and O–H groups in total. The molecule has 2 rings (SSSR count). The second kappa shape index (κ2) is 7.42. The van der Waals surface area contributed by atoms with E-state index in [0.29, 0.717) is 17.4 Å². The largest absolute Gasteiger partial charge is 0.325 e. The Morgan fingerprint density at radius 1 is 1.52 bits per heavy atom. The lowest BCUT2D eigenvalue weighted by Crippen LogP contribution is -2.28. The summed E-state index contributed by atoms with van der Waals surface area (Å²) in [6, 6.07) is 7.33. The van der Waals surface area contributed by atoms with Crippen LogP contribution in [-0.2, 0) is 9.59 Å². The first kappa shape index (κ1) is 15.8. The number of thioether (sulfide) groups is 1. The van der Waals surface area contributed by atoms with E-state index in [-0.39, 0.29) is 18.2 Å². The normalized spacial score (nSPS) is 19.4. The van der Waals surface area contributed by atoms with Crippen LogP contribution in [0.2, 0.25) is 0 Å². The van der Waals surface area contributed by atoms with Gasteiger partial charge in [-0.2, -0.15) is 0 Å². The van der Waals surface area contributed by atoms with E-state index in [9.17, 15) is 9.59 Å². The first-order valence-electron chi connectivity index (χ1n) is 6.27. The van der Waals surface area contributed by atoms with Crippen molar-refractivity contribution in [3.8, 4) is 0 Å². The summed E-state index contributed by atoms with van der Waals surface area (Å²) < 4.78 is 0.801. The first-order chi connectivity index (χ1) is 10.1. The average molecular weight is 368 g/mol. The zero-order valence-electron chi connectivity index (χ0n) is 11.1. The average Bonchev–Trinajstić information content (AvgIpc) is 2.79. The molecule has 1 heterocycles. The lowest BCUT2D eigenvalue weighted by molar-refractivity contribution is -0.122. The van der Waals surface area contributed by atoms with Crippen LogP contribution in [0.15, 0.2) is 46.4 Å². The molecule has 1 aliphatic heterocycles. The zero-order chi connectivity index (χ0) is 15.2. The van der Waals surface area contributed by atoms with E-state index in [2.05, 4.69) is 38.1 Å². The molecule has 0 spiro atoms. The summed E-state index contributed by atoms with van der Waals surface area (Å²) in [5, 5.41) is 5.53. The van der Waals surface area contributed by atoms with Crippen LogP contribution in [0.3, 0.4) is 0 Å². The summed E-state index contributed by atoms with van der Waals surface area (Å²) in [5.41, 5.74) is 0.687. The molecule has 1 aromatic rings. The Labute approximate surface area is 135 Å². The summed E-state index contributed by atoms with van der Waals surface area (Å²) in [4.78, 5) is 27.9. The quantitative estimate of drug-likeness (QED) is 0.785. The third kappa shape index (κ3) is 4.44. The van der Waals surface area contributed by atoms with Crippen LogP contribution >= 0.6 is 27.7 Å². The molecule has 21 heavy (non-hydrogen) atoms. The van der Waals surface area contributed by atoms with E-state index in [1.54, 1.807) is 12.1 Å². The molecule has 1 fully saturated rings. The van der Waals surface area contributed by atoms with Gasteiger partial charge in [0.2, 0.25) is 11.8 Å². The van der Waals surface area contributed by atoms with Gasteiger partial charge in [-0.25, -0.2) is 0 Å².